The SMILES string of the molecule is CCn1ncc(Cl)c1C(=O)CC1CCS(=O)(=O)C1. The van der Waals surface area contributed by atoms with E-state index in [0.29, 0.717) is 23.7 Å². The molecule has 0 amide bonds. The minimum absolute atomic E-state index is 0.0845. The molecule has 0 saturated carbocycles. The molecule has 0 bridgehead atoms. The predicted molar refractivity (Wildman–Crippen MR) is 68.6 cm³/mol. The largest absolute Gasteiger partial charge is 0.292 e. The lowest BCUT2D eigenvalue weighted by Gasteiger charge is -2.08. The first-order chi connectivity index (χ1) is 8.43. The van der Waals surface area contributed by atoms with Gasteiger partial charge in [0, 0.05) is 13.0 Å². The number of sulfone groups is 1. The van der Waals surface area contributed by atoms with Crippen LogP contribution >= 0.6 is 11.6 Å². The Kier molecular flexibility index (Phi) is 3.77. The van der Waals surface area contributed by atoms with Gasteiger partial charge in [0.2, 0.25) is 0 Å². The van der Waals surface area contributed by atoms with E-state index in [1.165, 1.54) is 6.20 Å². The zero-order chi connectivity index (χ0) is 13.3. The van der Waals surface area contributed by atoms with Crippen LogP contribution in [0, 0.1) is 5.92 Å². The molecule has 100 valence electrons. The molecule has 0 aromatic carbocycles. The number of carbonyl (C=O) groups excluding carboxylic acids is 1. The molecule has 1 fully saturated rings. The van der Waals surface area contributed by atoms with E-state index in [1.807, 2.05) is 6.92 Å². The Morgan fingerprint density at radius 3 is 2.89 bits per heavy atom. The summed E-state index contributed by atoms with van der Waals surface area (Å²) in [5.41, 5.74) is 0.392. The number of aryl methyl sites for hydroxylation is 1. The van der Waals surface area contributed by atoms with Gasteiger partial charge in [0.25, 0.3) is 0 Å². The van der Waals surface area contributed by atoms with E-state index in [-0.39, 0.29) is 29.6 Å². The Hall–Kier alpha value is -0.880. The monoisotopic (exact) mass is 290 g/mol. The van der Waals surface area contributed by atoms with E-state index in [4.69, 9.17) is 11.6 Å². The van der Waals surface area contributed by atoms with Gasteiger partial charge in [-0.1, -0.05) is 11.6 Å². The summed E-state index contributed by atoms with van der Waals surface area (Å²) in [5.74, 6) is 0.0859. The number of ketones is 1. The van der Waals surface area contributed by atoms with Crippen LogP contribution < -0.4 is 0 Å². The van der Waals surface area contributed by atoms with E-state index >= 15 is 0 Å². The standard InChI is InChI=1S/C11H15ClN2O3S/c1-2-14-11(9(12)6-13-14)10(15)5-8-3-4-18(16,17)7-8/h6,8H,2-5,7H2,1H3. The van der Waals surface area contributed by atoms with E-state index in [2.05, 4.69) is 5.10 Å². The van der Waals surface area contributed by atoms with Crippen molar-refractivity contribution in [2.24, 2.45) is 5.92 Å². The highest BCUT2D eigenvalue weighted by Gasteiger charge is 2.30. The molecule has 0 radical (unpaired) electrons. The van der Waals surface area contributed by atoms with Crippen LogP contribution in [0.15, 0.2) is 6.20 Å². The molecule has 1 aliphatic heterocycles. The maximum absolute atomic E-state index is 12.1. The van der Waals surface area contributed by atoms with Crippen LogP contribution in [0.5, 0.6) is 0 Å². The fraction of sp³-hybridized carbons (Fsp3) is 0.636. The van der Waals surface area contributed by atoms with Crippen molar-refractivity contribution in [1.82, 2.24) is 9.78 Å². The third-order valence-corrected chi connectivity index (χ3v) is 5.27. The summed E-state index contributed by atoms with van der Waals surface area (Å²) in [6.07, 6.45) is 2.24. The second kappa shape index (κ2) is 5.01. The van der Waals surface area contributed by atoms with Crippen molar-refractivity contribution >= 4 is 27.2 Å². The fourth-order valence-corrected chi connectivity index (χ4v) is 4.38. The maximum atomic E-state index is 12.1. The van der Waals surface area contributed by atoms with Gasteiger partial charge >= 0.3 is 0 Å². The van der Waals surface area contributed by atoms with Crippen molar-refractivity contribution in [2.75, 3.05) is 11.5 Å². The van der Waals surface area contributed by atoms with Crippen LogP contribution in [0.4, 0.5) is 0 Å². The summed E-state index contributed by atoms with van der Waals surface area (Å²) in [5, 5.41) is 4.34. The van der Waals surface area contributed by atoms with Crippen molar-refractivity contribution < 1.29 is 13.2 Å². The van der Waals surface area contributed by atoms with Gasteiger partial charge in [-0.25, -0.2) is 8.42 Å². The highest BCUT2D eigenvalue weighted by Crippen LogP contribution is 2.25. The molecule has 1 aromatic rings. The Morgan fingerprint density at radius 2 is 2.33 bits per heavy atom. The van der Waals surface area contributed by atoms with Crippen LogP contribution in [0.1, 0.15) is 30.3 Å². The lowest BCUT2D eigenvalue weighted by Crippen LogP contribution is -2.15. The predicted octanol–water partition coefficient (Wildman–Crippen LogP) is 1.56. The third-order valence-electron chi connectivity index (χ3n) is 3.16. The number of aromatic nitrogens is 2. The second-order valence-electron chi connectivity index (χ2n) is 4.55. The lowest BCUT2D eigenvalue weighted by atomic mass is 10.0. The number of carbonyl (C=O) groups is 1. The molecule has 7 heteroatoms. The Morgan fingerprint density at radius 1 is 1.61 bits per heavy atom. The van der Waals surface area contributed by atoms with Gasteiger partial charge in [-0.15, -0.1) is 0 Å². The van der Waals surface area contributed by atoms with Gasteiger partial charge in [0.15, 0.2) is 15.6 Å². The van der Waals surface area contributed by atoms with Gasteiger partial charge in [0.05, 0.1) is 22.7 Å². The van der Waals surface area contributed by atoms with Crippen LogP contribution in [-0.4, -0.2) is 35.5 Å². The average molecular weight is 291 g/mol. The summed E-state index contributed by atoms with van der Waals surface area (Å²) in [6.45, 7) is 2.44. The minimum Gasteiger partial charge on any atom is -0.292 e. The molecule has 1 atom stereocenters. The fourth-order valence-electron chi connectivity index (χ4n) is 2.27. The van der Waals surface area contributed by atoms with E-state index < -0.39 is 9.84 Å². The van der Waals surface area contributed by atoms with Gasteiger partial charge in [0.1, 0.15) is 5.69 Å². The summed E-state index contributed by atoms with van der Waals surface area (Å²) in [7, 11) is -2.94. The van der Waals surface area contributed by atoms with Gasteiger partial charge < -0.3 is 0 Å². The Bertz CT molecular complexity index is 565. The number of hydrogen-bond acceptors (Lipinski definition) is 4. The molecular weight excluding hydrogens is 276 g/mol. The summed E-state index contributed by atoms with van der Waals surface area (Å²) < 4.78 is 24.2. The van der Waals surface area contributed by atoms with Gasteiger partial charge in [-0.05, 0) is 19.3 Å². The normalized spacial score (nSPS) is 22.2. The summed E-state index contributed by atoms with van der Waals surface area (Å²) in [6, 6.07) is 0. The van der Waals surface area contributed by atoms with Crippen LogP contribution in [0.3, 0.4) is 0 Å². The van der Waals surface area contributed by atoms with Crippen molar-refractivity contribution in [2.45, 2.75) is 26.3 Å². The summed E-state index contributed by atoms with van der Waals surface area (Å²) in [4.78, 5) is 12.1. The first-order valence-electron chi connectivity index (χ1n) is 5.88. The number of nitrogens with zero attached hydrogens (tertiary/aromatic N) is 2. The van der Waals surface area contributed by atoms with E-state index in [0.717, 1.165) is 0 Å². The maximum Gasteiger partial charge on any atom is 0.182 e. The number of hydrogen-bond donors (Lipinski definition) is 0. The average Bonchev–Trinajstić information content (AvgIpc) is 2.81. The highest BCUT2D eigenvalue weighted by molar-refractivity contribution is 7.91. The highest BCUT2D eigenvalue weighted by atomic mass is 35.5. The number of rotatable bonds is 4. The van der Waals surface area contributed by atoms with Crippen LogP contribution in [-0.2, 0) is 16.4 Å². The molecule has 18 heavy (non-hydrogen) atoms. The molecule has 1 aromatic heterocycles. The van der Waals surface area contributed by atoms with Crippen LogP contribution in [0.25, 0.3) is 0 Å². The van der Waals surface area contributed by atoms with Crippen molar-refractivity contribution in [3.63, 3.8) is 0 Å². The van der Waals surface area contributed by atoms with Gasteiger partial charge in [-0.2, -0.15) is 5.10 Å². The third kappa shape index (κ3) is 2.75. The molecule has 2 heterocycles. The molecule has 1 saturated heterocycles. The molecule has 1 unspecified atom stereocenters. The summed E-state index contributed by atoms with van der Waals surface area (Å²) >= 11 is 5.94. The Balaban J connectivity index is 2.11. The zero-order valence-electron chi connectivity index (χ0n) is 10.1. The number of halogens is 1. The Labute approximate surface area is 111 Å². The van der Waals surface area contributed by atoms with E-state index in [1.54, 1.807) is 4.68 Å². The molecule has 5 nitrogen and oxygen atoms in total. The van der Waals surface area contributed by atoms with Crippen LogP contribution in [0.2, 0.25) is 5.02 Å². The first-order valence-corrected chi connectivity index (χ1v) is 8.08. The van der Waals surface area contributed by atoms with Gasteiger partial charge in [-0.3, -0.25) is 9.48 Å². The first kappa shape index (κ1) is 13.5. The van der Waals surface area contributed by atoms with Crippen molar-refractivity contribution in [3.8, 4) is 0 Å². The molecule has 0 aliphatic carbocycles. The quantitative estimate of drug-likeness (QED) is 0.789. The van der Waals surface area contributed by atoms with Crippen molar-refractivity contribution in [3.05, 3.63) is 16.9 Å². The molecule has 2 rings (SSSR count). The van der Waals surface area contributed by atoms with E-state index in [9.17, 15) is 13.2 Å². The molecule has 1 aliphatic rings. The smallest absolute Gasteiger partial charge is 0.182 e. The van der Waals surface area contributed by atoms with Crippen molar-refractivity contribution in [1.29, 1.82) is 0 Å². The minimum atomic E-state index is -2.94. The molecular formula is C11H15ClN2O3S. The lowest BCUT2D eigenvalue weighted by molar-refractivity contribution is 0.0955. The second-order valence-corrected chi connectivity index (χ2v) is 7.19. The zero-order valence-corrected chi connectivity index (χ0v) is 11.7. The molecule has 0 spiro atoms. The number of Topliss-reactive ketones (excluding diaryl/α,β-unsaturated/α-hetero) is 1. The topological polar surface area (TPSA) is 69.0 Å². The molecule has 0 N–H and O–H groups in total.